The number of nitrogens with one attached hydrogen (secondary N) is 2. The van der Waals surface area contributed by atoms with Crippen molar-refractivity contribution in [2.45, 2.75) is 63.6 Å². The summed E-state index contributed by atoms with van der Waals surface area (Å²) in [5, 5.41) is 17.2. The molecule has 0 radical (unpaired) electrons. The Hall–Kier alpha value is -3.59. The number of fused-ring (bicyclic) bond motifs is 1. The van der Waals surface area contributed by atoms with Gasteiger partial charge < -0.3 is 25.2 Å². The zero-order valence-corrected chi connectivity index (χ0v) is 21.5. The van der Waals surface area contributed by atoms with Crippen molar-refractivity contribution in [1.29, 1.82) is 0 Å². The highest BCUT2D eigenvalue weighted by molar-refractivity contribution is 6.01. The summed E-state index contributed by atoms with van der Waals surface area (Å²) in [6, 6.07) is 12.4. The summed E-state index contributed by atoms with van der Waals surface area (Å²) in [4.78, 5) is 39.6. The van der Waals surface area contributed by atoms with E-state index in [1.54, 1.807) is 29.2 Å². The molecule has 1 aliphatic carbocycles. The highest BCUT2D eigenvalue weighted by atomic mass is 16.5. The fraction of sp³-hybridized carbons (Fsp3) is 0.464. The number of aliphatic hydroxyl groups is 1. The highest BCUT2D eigenvalue weighted by Gasteiger charge is 2.34. The third-order valence-electron chi connectivity index (χ3n) is 7.35. The van der Waals surface area contributed by atoms with Crippen LogP contribution in [0.5, 0.6) is 0 Å². The Labute approximate surface area is 217 Å². The Balaban J connectivity index is 1.68. The number of amides is 2. The Morgan fingerprint density at radius 2 is 1.78 bits per heavy atom. The topological polar surface area (TPSA) is 117 Å². The van der Waals surface area contributed by atoms with Gasteiger partial charge >= 0.3 is 12.1 Å². The second-order valence-electron chi connectivity index (χ2n) is 9.74. The molecular formula is C28H35N3O6. The fourth-order valence-electron chi connectivity index (χ4n) is 5.37. The van der Waals surface area contributed by atoms with E-state index in [0.717, 1.165) is 24.8 Å². The summed E-state index contributed by atoms with van der Waals surface area (Å²) in [5.41, 5.74) is 3.15. The van der Waals surface area contributed by atoms with Crippen molar-refractivity contribution in [2.75, 3.05) is 29.8 Å². The fourth-order valence-corrected chi connectivity index (χ4v) is 5.37. The van der Waals surface area contributed by atoms with E-state index < -0.39 is 18.1 Å². The first-order valence-corrected chi connectivity index (χ1v) is 12.7. The molecule has 0 spiro atoms. The molecule has 1 saturated carbocycles. The van der Waals surface area contributed by atoms with Crippen molar-refractivity contribution in [2.24, 2.45) is 5.92 Å². The average Bonchev–Trinajstić information content (AvgIpc) is 2.93. The number of carbonyl (C=O) groups is 3. The van der Waals surface area contributed by atoms with Crippen molar-refractivity contribution in [3.05, 3.63) is 53.6 Å². The van der Waals surface area contributed by atoms with Gasteiger partial charge in [-0.2, -0.15) is 0 Å². The van der Waals surface area contributed by atoms with E-state index in [0.29, 0.717) is 41.9 Å². The lowest BCUT2D eigenvalue weighted by Gasteiger charge is -2.36. The zero-order chi connectivity index (χ0) is 26.5. The third-order valence-corrected chi connectivity index (χ3v) is 7.35. The highest BCUT2D eigenvalue weighted by Crippen LogP contribution is 2.41. The number of hydrogen-bond donors (Lipinski definition) is 3. The third kappa shape index (κ3) is 5.72. The van der Waals surface area contributed by atoms with Crippen LogP contribution in [0.3, 0.4) is 0 Å². The predicted molar refractivity (Wildman–Crippen MR) is 141 cm³/mol. The van der Waals surface area contributed by atoms with Gasteiger partial charge in [0.1, 0.15) is 0 Å². The quantitative estimate of drug-likeness (QED) is 0.494. The first-order chi connectivity index (χ1) is 17.8. The summed E-state index contributed by atoms with van der Waals surface area (Å²) in [5.74, 6) is -0.955. The van der Waals surface area contributed by atoms with Gasteiger partial charge in [-0.15, -0.1) is 0 Å². The molecule has 2 amide bonds. The minimum atomic E-state index is -1.36. The molecule has 1 fully saturated rings. The number of benzene rings is 2. The molecule has 2 aliphatic rings. The molecule has 3 N–H and O–H groups in total. The first-order valence-electron chi connectivity index (χ1n) is 12.7. The SMILES string of the molecule is COC(=O)[C@@H]1CCC[C@@H](Nc2ccc3c(c2NC(=O)[C@H](O)c2ccccc2)CC[C@H](C)N3C(=O)OC)C1. The number of methoxy groups -OCH3 is 2. The maximum atomic E-state index is 13.2. The molecule has 198 valence electrons. The minimum absolute atomic E-state index is 0.00447. The minimum Gasteiger partial charge on any atom is -0.469 e. The molecule has 37 heavy (non-hydrogen) atoms. The smallest absolute Gasteiger partial charge is 0.414 e. The number of aliphatic hydroxyl groups excluding tert-OH is 1. The van der Waals surface area contributed by atoms with Gasteiger partial charge in [-0.1, -0.05) is 36.8 Å². The van der Waals surface area contributed by atoms with Crippen LogP contribution in [0.15, 0.2) is 42.5 Å². The van der Waals surface area contributed by atoms with Crippen LogP contribution in [0.2, 0.25) is 0 Å². The lowest BCUT2D eigenvalue weighted by Crippen LogP contribution is -2.42. The van der Waals surface area contributed by atoms with E-state index in [4.69, 9.17) is 9.47 Å². The number of ether oxygens (including phenoxy) is 2. The molecule has 0 unspecified atom stereocenters. The van der Waals surface area contributed by atoms with Crippen LogP contribution in [0.25, 0.3) is 0 Å². The second kappa shape index (κ2) is 11.6. The van der Waals surface area contributed by atoms with Crippen molar-refractivity contribution >= 4 is 35.0 Å². The van der Waals surface area contributed by atoms with Gasteiger partial charge in [0.05, 0.1) is 37.2 Å². The standard InChI is InChI=1S/C28H35N3O6/c1-17-12-13-21-23(31(17)28(35)37-3)15-14-22(29-20-11-7-10-19(16-20)27(34)36-2)24(21)30-26(33)25(32)18-8-5-4-6-9-18/h4-6,8-9,14-15,17,19-20,25,29,32H,7,10-13,16H2,1-3H3,(H,30,33)/t17-,19+,20+,25+/m0/s1. The van der Waals surface area contributed by atoms with E-state index in [2.05, 4.69) is 10.6 Å². The van der Waals surface area contributed by atoms with Crippen LogP contribution >= 0.6 is 0 Å². The van der Waals surface area contributed by atoms with Gasteiger partial charge in [0.2, 0.25) is 0 Å². The summed E-state index contributed by atoms with van der Waals surface area (Å²) < 4.78 is 9.99. The van der Waals surface area contributed by atoms with Gasteiger partial charge in [-0.3, -0.25) is 14.5 Å². The molecule has 9 nitrogen and oxygen atoms in total. The van der Waals surface area contributed by atoms with Crippen LogP contribution in [-0.2, 0) is 25.5 Å². The Bertz CT molecular complexity index is 1140. The Morgan fingerprint density at radius 1 is 1.03 bits per heavy atom. The number of nitrogens with zero attached hydrogens (tertiary/aromatic N) is 1. The molecule has 2 aromatic rings. The van der Waals surface area contributed by atoms with Gasteiger partial charge in [-0.25, -0.2) is 4.79 Å². The normalized spacial score (nSPS) is 21.8. The molecular weight excluding hydrogens is 474 g/mol. The Morgan fingerprint density at radius 3 is 2.49 bits per heavy atom. The molecule has 2 aromatic carbocycles. The van der Waals surface area contributed by atoms with E-state index in [9.17, 15) is 19.5 Å². The van der Waals surface area contributed by atoms with Crippen molar-refractivity contribution in [3.63, 3.8) is 0 Å². The number of hydrogen-bond acceptors (Lipinski definition) is 7. The molecule has 1 aliphatic heterocycles. The number of esters is 1. The zero-order valence-electron chi connectivity index (χ0n) is 21.5. The van der Waals surface area contributed by atoms with Crippen molar-refractivity contribution < 1.29 is 29.0 Å². The number of anilines is 3. The van der Waals surface area contributed by atoms with Crippen LogP contribution in [-0.4, -0.2) is 49.4 Å². The predicted octanol–water partition coefficient (Wildman–Crippen LogP) is 4.41. The van der Waals surface area contributed by atoms with E-state index >= 15 is 0 Å². The molecule has 4 rings (SSSR count). The summed E-state index contributed by atoms with van der Waals surface area (Å²) in [6.45, 7) is 1.96. The Kier molecular flexibility index (Phi) is 8.33. The largest absolute Gasteiger partial charge is 0.469 e. The van der Waals surface area contributed by atoms with Gasteiger partial charge in [0, 0.05) is 17.6 Å². The first kappa shape index (κ1) is 26.5. The van der Waals surface area contributed by atoms with Crippen LogP contribution < -0.4 is 15.5 Å². The van der Waals surface area contributed by atoms with Gasteiger partial charge in [0.15, 0.2) is 6.10 Å². The van der Waals surface area contributed by atoms with Gasteiger partial charge in [-0.05, 0) is 56.7 Å². The monoisotopic (exact) mass is 509 g/mol. The molecule has 0 bridgehead atoms. The molecule has 0 aromatic heterocycles. The van der Waals surface area contributed by atoms with Gasteiger partial charge in [0.25, 0.3) is 5.91 Å². The van der Waals surface area contributed by atoms with Crippen molar-refractivity contribution in [3.8, 4) is 0 Å². The molecule has 9 heteroatoms. The molecule has 4 atom stereocenters. The lowest BCUT2D eigenvalue weighted by molar-refractivity contribution is -0.146. The van der Waals surface area contributed by atoms with E-state index in [1.807, 2.05) is 25.1 Å². The lowest BCUT2D eigenvalue weighted by atomic mass is 9.85. The van der Waals surface area contributed by atoms with Crippen LogP contribution in [0, 0.1) is 5.92 Å². The summed E-state index contributed by atoms with van der Waals surface area (Å²) in [6.07, 6.45) is 2.64. The average molecular weight is 510 g/mol. The van der Waals surface area contributed by atoms with Crippen LogP contribution in [0.1, 0.15) is 56.3 Å². The maximum absolute atomic E-state index is 13.2. The summed E-state index contributed by atoms with van der Waals surface area (Å²) >= 11 is 0. The van der Waals surface area contributed by atoms with E-state index in [-0.39, 0.29) is 24.0 Å². The van der Waals surface area contributed by atoms with Crippen LogP contribution in [0.4, 0.5) is 21.9 Å². The van der Waals surface area contributed by atoms with Crippen molar-refractivity contribution in [1.82, 2.24) is 0 Å². The molecule has 1 heterocycles. The number of rotatable bonds is 6. The molecule has 0 saturated heterocycles. The second-order valence-corrected chi connectivity index (χ2v) is 9.74. The number of carbonyl (C=O) groups excluding carboxylic acids is 3. The van der Waals surface area contributed by atoms with E-state index in [1.165, 1.54) is 14.2 Å². The maximum Gasteiger partial charge on any atom is 0.414 e. The summed E-state index contributed by atoms with van der Waals surface area (Å²) in [7, 11) is 2.75.